The molecule has 1 saturated heterocycles. The van der Waals surface area contributed by atoms with E-state index in [1.54, 1.807) is 20.8 Å². The predicted molar refractivity (Wildman–Crippen MR) is 86.1 cm³/mol. The lowest BCUT2D eigenvalue weighted by molar-refractivity contribution is -0.153. The number of halogens is 3. The molecule has 0 radical (unpaired) electrons. The molecule has 1 heterocycles. The number of carboxylic acids is 1. The third-order valence-electron chi connectivity index (χ3n) is 5.39. The first-order valence-corrected chi connectivity index (χ1v) is 8.39. The van der Waals surface area contributed by atoms with E-state index in [0.717, 1.165) is 0 Å². The average molecular weight is 381 g/mol. The van der Waals surface area contributed by atoms with Gasteiger partial charge in [0.1, 0.15) is 12.1 Å². The summed E-state index contributed by atoms with van der Waals surface area (Å²) in [6.07, 6.45) is 0. The molecule has 9 heteroatoms. The maximum atomic E-state index is 13.0. The Morgan fingerprint density at radius 3 is 2.20 bits per heavy atom. The van der Waals surface area contributed by atoms with Gasteiger partial charge in [-0.05, 0) is 28.3 Å². The Morgan fingerprint density at radius 2 is 1.80 bits per heavy atom. The first-order valence-electron chi connectivity index (χ1n) is 8.01. The van der Waals surface area contributed by atoms with Crippen LogP contribution in [-0.4, -0.2) is 51.8 Å². The number of rotatable bonds is 4. The zero-order valence-electron chi connectivity index (χ0n) is 14.8. The van der Waals surface area contributed by atoms with Crippen LogP contribution < -0.4 is 5.32 Å². The van der Waals surface area contributed by atoms with Crippen molar-refractivity contribution < 1.29 is 28.3 Å². The molecule has 2 amide bonds. The number of carbonyl (C=O) groups excluding carboxylic acids is 2. The van der Waals surface area contributed by atoms with Crippen molar-refractivity contribution in [2.24, 2.45) is 22.7 Å². The monoisotopic (exact) mass is 380 g/mol. The third kappa shape index (κ3) is 3.45. The second-order valence-electron chi connectivity index (χ2n) is 8.50. The van der Waals surface area contributed by atoms with E-state index in [0.29, 0.717) is 0 Å². The van der Waals surface area contributed by atoms with Gasteiger partial charge < -0.3 is 15.3 Å². The van der Waals surface area contributed by atoms with Crippen LogP contribution in [0.3, 0.4) is 0 Å². The van der Waals surface area contributed by atoms with Crippen molar-refractivity contribution in [2.45, 2.75) is 52.1 Å². The van der Waals surface area contributed by atoms with Gasteiger partial charge in [-0.1, -0.05) is 34.6 Å². The lowest BCUT2D eigenvalue weighted by Crippen LogP contribution is -2.59. The summed E-state index contributed by atoms with van der Waals surface area (Å²) in [5.41, 5.74) is -1.08. The number of likely N-dealkylation sites (tertiary alicyclic amines) is 1. The quantitative estimate of drug-likeness (QED) is 0.729. The molecule has 142 valence electrons. The molecular formula is C16H23ClF2N2O4. The minimum Gasteiger partial charge on any atom is -0.480 e. The van der Waals surface area contributed by atoms with E-state index in [-0.39, 0.29) is 23.8 Å². The second kappa shape index (κ2) is 5.79. The number of hydrogen-bond acceptors (Lipinski definition) is 3. The van der Waals surface area contributed by atoms with E-state index in [1.165, 1.54) is 4.90 Å². The van der Waals surface area contributed by atoms with Gasteiger partial charge >= 0.3 is 17.3 Å². The van der Waals surface area contributed by atoms with Crippen molar-refractivity contribution >= 4 is 29.4 Å². The first kappa shape index (κ1) is 19.9. The van der Waals surface area contributed by atoms with Gasteiger partial charge in [0, 0.05) is 12.5 Å². The summed E-state index contributed by atoms with van der Waals surface area (Å²) in [5, 5.41) is 7.37. The van der Waals surface area contributed by atoms with Crippen LogP contribution in [0, 0.1) is 22.7 Å². The second-order valence-corrected chi connectivity index (χ2v) is 8.97. The number of aliphatic carboxylic acids is 1. The van der Waals surface area contributed by atoms with Gasteiger partial charge in [0.2, 0.25) is 5.91 Å². The highest BCUT2D eigenvalue weighted by Gasteiger charge is 2.70. The Labute approximate surface area is 149 Å². The summed E-state index contributed by atoms with van der Waals surface area (Å²) >= 11 is 4.72. The number of hydrogen-bond donors (Lipinski definition) is 2. The summed E-state index contributed by atoms with van der Waals surface area (Å²) < 4.78 is 26.0. The Hall–Kier alpha value is -1.44. The molecule has 1 aliphatic heterocycles. The van der Waals surface area contributed by atoms with Gasteiger partial charge in [-0.3, -0.25) is 9.59 Å². The van der Waals surface area contributed by atoms with Gasteiger partial charge in [0.05, 0.1) is 0 Å². The standard InChI is InChI=1S/C16H23ClF2N2O4/c1-14(2,3)10(20-13(25)16(17,18)19)11(22)21-6-7-8(15(7,4)5)9(21)12(23)24/h7-10H,6H2,1-5H3,(H,20,25)(H,23,24)/t7-,8-,9-,10?/m0/s1. The van der Waals surface area contributed by atoms with E-state index >= 15 is 0 Å². The Kier molecular flexibility index (Phi) is 4.60. The topological polar surface area (TPSA) is 86.7 Å². The van der Waals surface area contributed by atoms with Crippen molar-refractivity contribution in [3.05, 3.63) is 0 Å². The van der Waals surface area contributed by atoms with Crippen LogP contribution >= 0.6 is 11.6 Å². The number of alkyl halides is 3. The molecule has 1 aliphatic carbocycles. The van der Waals surface area contributed by atoms with E-state index in [2.05, 4.69) is 0 Å². The molecule has 2 rings (SSSR count). The van der Waals surface area contributed by atoms with Crippen LogP contribution in [0.1, 0.15) is 34.6 Å². The maximum absolute atomic E-state index is 13.0. The molecule has 0 aromatic heterocycles. The number of nitrogens with one attached hydrogen (secondary N) is 1. The molecule has 2 aliphatic rings. The minimum absolute atomic E-state index is 0.0448. The summed E-state index contributed by atoms with van der Waals surface area (Å²) in [5.74, 6) is -3.73. The molecule has 0 aromatic rings. The van der Waals surface area contributed by atoms with E-state index in [9.17, 15) is 28.3 Å². The number of nitrogens with zero attached hydrogens (tertiary/aromatic N) is 1. The van der Waals surface area contributed by atoms with Gasteiger partial charge in [0.25, 0.3) is 0 Å². The van der Waals surface area contributed by atoms with Crippen molar-refractivity contribution in [3.63, 3.8) is 0 Å². The van der Waals surface area contributed by atoms with Crippen molar-refractivity contribution in [3.8, 4) is 0 Å². The zero-order chi connectivity index (χ0) is 19.5. The fraction of sp³-hybridized carbons (Fsp3) is 0.812. The van der Waals surface area contributed by atoms with Crippen molar-refractivity contribution in [1.82, 2.24) is 10.2 Å². The van der Waals surface area contributed by atoms with Gasteiger partial charge in [0.15, 0.2) is 0 Å². The highest BCUT2D eigenvalue weighted by molar-refractivity contribution is 6.32. The minimum atomic E-state index is -4.15. The Balaban J connectivity index is 2.26. The molecule has 0 spiro atoms. The fourth-order valence-corrected chi connectivity index (χ4v) is 3.88. The number of piperidine rings is 1. The summed E-state index contributed by atoms with van der Waals surface area (Å²) in [6, 6.07) is -2.34. The molecular weight excluding hydrogens is 358 g/mol. The van der Waals surface area contributed by atoms with Crippen LogP contribution in [0.5, 0.6) is 0 Å². The Bertz CT molecular complexity index is 612. The van der Waals surface area contributed by atoms with Gasteiger partial charge in [-0.25, -0.2) is 4.79 Å². The number of fused-ring (bicyclic) bond motifs is 1. The normalized spacial score (nSPS) is 29.0. The van der Waals surface area contributed by atoms with Crippen LogP contribution in [0.15, 0.2) is 0 Å². The van der Waals surface area contributed by atoms with Gasteiger partial charge in [-0.2, -0.15) is 8.78 Å². The number of carbonyl (C=O) groups is 3. The van der Waals surface area contributed by atoms with Crippen LogP contribution in [0.2, 0.25) is 0 Å². The molecule has 2 N–H and O–H groups in total. The van der Waals surface area contributed by atoms with E-state index < -0.39 is 40.7 Å². The highest BCUT2D eigenvalue weighted by Crippen LogP contribution is 2.65. The molecule has 1 saturated carbocycles. The third-order valence-corrected chi connectivity index (χ3v) is 5.56. The fourth-order valence-electron chi connectivity index (χ4n) is 3.82. The largest absolute Gasteiger partial charge is 0.480 e. The maximum Gasteiger partial charge on any atom is 0.399 e. The zero-order valence-corrected chi connectivity index (χ0v) is 15.5. The lowest BCUT2D eigenvalue weighted by Gasteiger charge is -2.37. The summed E-state index contributed by atoms with van der Waals surface area (Å²) in [7, 11) is 0. The SMILES string of the molecule is CC(C)(C)C(NC(=O)C(F)(F)Cl)C(=O)N1C[C@H]2[C@@H]([C@H]1C(=O)O)C2(C)C. The number of amides is 2. The predicted octanol–water partition coefficient (Wildman–Crippen LogP) is 1.92. The van der Waals surface area contributed by atoms with Crippen LogP contribution in [0.25, 0.3) is 0 Å². The molecule has 1 unspecified atom stereocenters. The van der Waals surface area contributed by atoms with Crippen LogP contribution in [-0.2, 0) is 14.4 Å². The molecule has 4 atom stereocenters. The molecule has 0 aromatic carbocycles. The molecule has 6 nitrogen and oxygen atoms in total. The van der Waals surface area contributed by atoms with Crippen molar-refractivity contribution in [1.29, 1.82) is 0 Å². The van der Waals surface area contributed by atoms with E-state index in [1.807, 2.05) is 19.2 Å². The molecule has 0 bridgehead atoms. The summed E-state index contributed by atoms with van der Waals surface area (Å²) in [4.78, 5) is 37.3. The smallest absolute Gasteiger partial charge is 0.399 e. The van der Waals surface area contributed by atoms with Crippen LogP contribution in [0.4, 0.5) is 8.78 Å². The number of carboxylic acid groups (broad SMARTS) is 1. The Morgan fingerprint density at radius 1 is 1.28 bits per heavy atom. The molecule has 2 fully saturated rings. The average Bonchev–Trinajstić information content (AvgIpc) is 2.82. The summed E-state index contributed by atoms with van der Waals surface area (Å²) in [6.45, 7) is 8.90. The van der Waals surface area contributed by atoms with Gasteiger partial charge in [-0.15, -0.1) is 0 Å². The van der Waals surface area contributed by atoms with Crippen molar-refractivity contribution in [2.75, 3.05) is 6.54 Å². The lowest BCUT2D eigenvalue weighted by atomic mass is 9.85. The van der Waals surface area contributed by atoms with E-state index in [4.69, 9.17) is 11.6 Å². The highest BCUT2D eigenvalue weighted by atomic mass is 35.5. The molecule has 25 heavy (non-hydrogen) atoms. The first-order chi connectivity index (χ1) is 11.1.